The number of ether oxygens (including phenoxy) is 1. The lowest BCUT2D eigenvalue weighted by molar-refractivity contribution is -0.214. The third kappa shape index (κ3) is 1.76. The number of nitrogens with zero attached hydrogens (tertiary/aromatic N) is 1. The minimum Gasteiger partial charge on any atom is -0.332 e. The number of hydrogen-bond donors (Lipinski definition) is 0. The second-order valence-electron chi connectivity index (χ2n) is 1.93. The zero-order valence-electron chi connectivity index (χ0n) is 5.21. The molecular weight excluding hydrogens is 163 g/mol. The van der Waals surface area contributed by atoms with Gasteiger partial charge in [-0.15, -0.1) is 0 Å². The van der Waals surface area contributed by atoms with E-state index in [0.29, 0.717) is 0 Å². The zero-order valence-corrected chi connectivity index (χ0v) is 5.21. The van der Waals surface area contributed by atoms with Crippen molar-refractivity contribution in [3.63, 3.8) is 0 Å². The number of aldehydes is 1. The van der Waals surface area contributed by atoms with Crippen LogP contribution in [0.4, 0.5) is 13.2 Å². The second kappa shape index (κ2) is 2.61. The van der Waals surface area contributed by atoms with E-state index in [9.17, 15) is 18.0 Å². The maximum absolute atomic E-state index is 11.7. The van der Waals surface area contributed by atoms with Crippen LogP contribution in [-0.2, 0) is 9.53 Å². The van der Waals surface area contributed by atoms with E-state index in [1.165, 1.54) is 0 Å². The van der Waals surface area contributed by atoms with Gasteiger partial charge in [-0.05, 0) is 0 Å². The lowest BCUT2D eigenvalue weighted by Gasteiger charge is -2.11. The van der Waals surface area contributed by atoms with Crippen LogP contribution in [0, 0.1) is 0 Å². The molecule has 0 bridgehead atoms. The summed E-state index contributed by atoms with van der Waals surface area (Å²) < 4.78 is 39.3. The molecule has 0 spiro atoms. The highest BCUT2D eigenvalue weighted by Gasteiger charge is 2.44. The van der Waals surface area contributed by atoms with Gasteiger partial charge in [0.05, 0.1) is 0 Å². The first-order valence-electron chi connectivity index (χ1n) is 2.75. The maximum Gasteiger partial charge on any atom is 0.435 e. The fourth-order valence-electron chi connectivity index (χ4n) is 0.611. The molecule has 2 unspecified atom stereocenters. The number of halogens is 3. The Balaban J connectivity index is 2.56. The first-order valence-corrected chi connectivity index (χ1v) is 2.75. The molecule has 1 rings (SSSR count). The molecule has 1 aliphatic rings. The van der Waals surface area contributed by atoms with Crippen molar-refractivity contribution < 1.29 is 22.7 Å². The number of aliphatic imine (C=N–C) groups is 1. The number of carbonyl (C=O) groups excluding carboxylic acids is 1. The van der Waals surface area contributed by atoms with Crippen LogP contribution in [0.2, 0.25) is 0 Å². The lowest BCUT2D eigenvalue weighted by Crippen LogP contribution is -2.29. The van der Waals surface area contributed by atoms with Gasteiger partial charge in [-0.1, -0.05) is 0 Å². The summed E-state index contributed by atoms with van der Waals surface area (Å²) >= 11 is 0. The predicted molar refractivity (Wildman–Crippen MR) is 29.3 cm³/mol. The summed E-state index contributed by atoms with van der Waals surface area (Å²) in [6, 6.07) is 0. The summed E-state index contributed by atoms with van der Waals surface area (Å²) in [5.41, 5.74) is 0. The van der Waals surface area contributed by atoms with Crippen molar-refractivity contribution in [2.75, 3.05) is 0 Å². The molecule has 0 radical (unpaired) electrons. The maximum atomic E-state index is 11.7. The van der Waals surface area contributed by atoms with Gasteiger partial charge in [0.25, 0.3) is 0 Å². The van der Waals surface area contributed by atoms with Crippen molar-refractivity contribution in [2.24, 2.45) is 4.99 Å². The van der Waals surface area contributed by atoms with Gasteiger partial charge in [0, 0.05) is 6.21 Å². The van der Waals surface area contributed by atoms with E-state index >= 15 is 0 Å². The Labute approximate surface area is 59.9 Å². The third-order valence-corrected chi connectivity index (χ3v) is 1.07. The van der Waals surface area contributed by atoms with Crippen LogP contribution in [0.1, 0.15) is 0 Å². The molecule has 0 aromatic rings. The summed E-state index contributed by atoms with van der Waals surface area (Å²) in [5.74, 6) is 0. The van der Waals surface area contributed by atoms with E-state index in [4.69, 9.17) is 0 Å². The molecule has 3 nitrogen and oxygen atoms in total. The van der Waals surface area contributed by atoms with Gasteiger partial charge in [0.2, 0.25) is 6.23 Å². The monoisotopic (exact) mass is 167 g/mol. The first-order chi connectivity index (χ1) is 5.04. The van der Waals surface area contributed by atoms with E-state index in [2.05, 4.69) is 9.73 Å². The highest BCUT2D eigenvalue weighted by atomic mass is 19.4. The minimum atomic E-state index is -4.52. The number of hydrogen-bond acceptors (Lipinski definition) is 3. The molecule has 62 valence electrons. The molecule has 0 aliphatic carbocycles. The van der Waals surface area contributed by atoms with Crippen molar-refractivity contribution in [1.82, 2.24) is 0 Å². The van der Waals surface area contributed by atoms with Crippen molar-refractivity contribution in [3.8, 4) is 0 Å². The Hall–Kier alpha value is -0.910. The van der Waals surface area contributed by atoms with Crippen molar-refractivity contribution >= 4 is 12.5 Å². The van der Waals surface area contributed by atoms with Gasteiger partial charge < -0.3 is 9.53 Å². The van der Waals surface area contributed by atoms with Crippen LogP contribution in [0.15, 0.2) is 4.99 Å². The topological polar surface area (TPSA) is 38.7 Å². The Morgan fingerprint density at radius 2 is 2.18 bits per heavy atom. The summed E-state index contributed by atoms with van der Waals surface area (Å²) in [6.07, 6.45) is -6.74. The van der Waals surface area contributed by atoms with Crippen LogP contribution >= 0.6 is 0 Å². The second-order valence-corrected chi connectivity index (χ2v) is 1.93. The Bertz CT molecular complexity index is 189. The van der Waals surface area contributed by atoms with Gasteiger partial charge >= 0.3 is 6.18 Å². The molecule has 0 aromatic carbocycles. The standard InChI is InChI=1S/C5H4F3NO2/c6-5(7,8)4-9-1-3(2-10)11-4/h1-4H. The summed E-state index contributed by atoms with van der Waals surface area (Å²) in [7, 11) is 0. The van der Waals surface area contributed by atoms with Crippen LogP contribution < -0.4 is 0 Å². The fourth-order valence-corrected chi connectivity index (χ4v) is 0.611. The Morgan fingerprint density at radius 3 is 2.45 bits per heavy atom. The molecule has 1 aliphatic heterocycles. The van der Waals surface area contributed by atoms with Gasteiger partial charge in [-0.2, -0.15) is 13.2 Å². The quantitative estimate of drug-likeness (QED) is 0.534. The normalized spacial score (nSPS) is 30.8. The highest BCUT2D eigenvalue weighted by Crippen LogP contribution is 2.26. The fraction of sp³-hybridized carbons (Fsp3) is 0.600. The number of carbonyl (C=O) groups is 1. The highest BCUT2D eigenvalue weighted by molar-refractivity contribution is 5.85. The van der Waals surface area contributed by atoms with E-state index in [-0.39, 0.29) is 6.29 Å². The predicted octanol–water partition coefficient (Wildman–Crippen LogP) is 0.543. The molecule has 2 atom stereocenters. The average molecular weight is 167 g/mol. The van der Waals surface area contributed by atoms with Crippen molar-refractivity contribution in [3.05, 3.63) is 0 Å². The zero-order chi connectivity index (χ0) is 8.48. The molecule has 0 aromatic heterocycles. The van der Waals surface area contributed by atoms with E-state index in [0.717, 1.165) is 6.21 Å². The number of rotatable bonds is 1. The van der Waals surface area contributed by atoms with Gasteiger partial charge in [0.15, 0.2) is 12.4 Å². The van der Waals surface area contributed by atoms with Crippen LogP contribution in [0.3, 0.4) is 0 Å². The van der Waals surface area contributed by atoms with Crippen molar-refractivity contribution in [1.29, 1.82) is 0 Å². The lowest BCUT2D eigenvalue weighted by atomic mass is 10.4. The molecule has 0 saturated carbocycles. The summed E-state index contributed by atoms with van der Waals surface area (Å²) in [6.45, 7) is 0. The van der Waals surface area contributed by atoms with Gasteiger partial charge in [-0.25, -0.2) is 0 Å². The van der Waals surface area contributed by atoms with E-state index in [1.807, 2.05) is 0 Å². The van der Waals surface area contributed by atoms with Crippen LogP contribution in [0.5, 0.6) is 0 Å². The Morgan fingerprint density at radius 1 is 1.55 bits per heavy atom. The molecule has 0 saturated heterocycles. The van der Waals surface area contributed by atoms with E-state index < -0.39 is 18.5 Å². The van der Waals surface area contributed by atoms with Crippen molar-refractivity contribution in [2.45, 2.75) is 18.5 Å². The summed E-state index contributed by atoms with van der Waals surface area (Å²) in [4.78, 5) is 12.9. The molecule has 0 N–H and O–H groups in total. The molecule has 1 heterocycles. The number of alkyl halides is 3. The Kier molecular flexibility index (Phi) is 1.95. The van der Waals surface area contributed by atoms with Gasteiger partial charge in [-0.3, -0.25) is 4.99 Å². The average Bonchev–Trinajstić information content (AvgIpc) is 2.32. The third-order valence-electron chi connectivity index (χ3n) is 1.07. The molecular formula is C5H4F3NO2. The van der Waals surface area contributed by atoms with Crippen LogP contribution in [-0.4, -0.2) is 31.0 Å². The molecule has 0 amide bonds. The minimum absolute atomic E-state index is 0.259. The largest absolute Gasteiger partial charge is 0.435 e. The van der Waals surface area contributed by atoms with Crippen LogP contribution in [0.25, 0.3) is 0 Å². The molecule has 0 fully saturated rings. The molecule has 11 heavy (non-hydrogen) atoms. The van der Waals surface area contributed by atoms with Gasteiger partial charge in [0.1, 0.15) is 0 Å². The smallest absolute Gasteiger partial charge is 0.332 e. The molecule has 6 heteroatoms. The van der Waals surface area contributed by atoms with E-state index in [1.54, 1.807) is 0 Å². The summed E-state index contributed by atoms with van der Waals surface area (Å²) in [5, 5.41) is 0. The SMILES string of the molecule is O=CC1C=NC(C(F)(F)F)O1. The first kappa shape index (κ1) is 8.19.